The van der Waals surface area contributed by atoms with E-state index in [2.05, 4.69) is 19.2 Å². The lowest BCUT2D eigenvalue weighted by atomic mass is 10.2. The summed E-state index contributed by atoms with van der Waals surface area (Å²) in [5.41, 5.74) is 0. The fourth-order valence-corrected chi connectivity index (χ4v) is 1.84. The van der Waals surface area contributed by atoms with Gasteiger partial charge in [0, 0.05) is 25.6 Å². The zero-order valence-electron chi connectivity index (χ0n) is 10.8. The Balaban J connectivity index is 2.18. The molecule has 1 fully saturated rings. The Kier molecular flexibility index (Phi) is 6.47. The number of carbonyl (C=O) groups is 1. The van der Waals surface area contributed by atoms with Crippen LogP contribution in [0.25, 0.3) is 0 Å². The van der Waals surface area contributed by atoms with Gasteiger partial charge in [-0.15, -0.1) is 0 Å². The van der Waals surface area contributed by atoms with Crippen molar-refractivity contribution in [3.8, 4) is 0 Å². The molecular weight excluding hydrogens is 220 g/mol. The highest BCUT2D eigenvalue weighted by atomic mass is 16.5. The highest BCUT2D eigenvalue weighted by Crippen LogP contribution is 2.07. The molecule has 0 aromatic heterocycles. The van der Waals surface area contributed by atoms with Gasteiger partial charge in [0.2, 0.25) is 5.91 Å². The predicted molar refractivity (Wildman–Crippen MR) is 65.8 cm³/mol. The maximum absolute atomic E-state index is 11.9. The van der Waals surface area contributed by atoms with Crippen molar-refractivity contribution in [1.29, 1.82) is 0 Å². The average molecular weight is 244 g/mol. The van der Waals surface area contributed by atoms with E-state index in [-0.39, 0.29) is 18.6 Å². The Labute approximate surface area is 103 Å². The zero-order chi connectivity index (χ0) is 12.7. The molecule has 1 amide bonds. The molecule has 0 aromatic rings. The number of morpholine rings is 1. The van der Waals surface area contributed by atoms with Crippen LogP contribution in [0.5, 0.6) is 0 Å². The molecule has 2 N–H and O–H groups in total. The van der Waals surface area contributed by atoms with Crippen LogP contribution in [0.15, 0.2) is 0 Å². The molecule has 0 bridgehead atoms. The van der Waals surface area contributed by atoms with E-state index in [0.717, 1.165) is 13.0 Å². The Morgan fingerprint density at radius 1 is 1.59 bits per heavy atom. The summed E-state index contributed by atoms with van der Waals surface area (Å²) in [7, 11) is 0. The first kappa shape index (κ1) is 14.4. The molecule has 5 nitrogen and oxygen atoms in total. The maximum atomic E-state index is 11.9. The van der Waals surface area contributed by atoms with Crippen molar-refractivity contribution >= 4 is 5.91 Å². The van der Waals surface area contributed by atoms with E-state index in [4.69, 9.17) is 9.84 Å². The summed E-state index contributed by atoms with van der Waals surface area (Å²) < 4.78 is 5.31. The topological polar surface area (TPSA) is 61.8 Å². The van der Waals surface area contributed by atoms with Gasteiger partial charge in [-0.25, -0.2) is 0 Å². The number of carbonyl (C=O) groups excluding carboxylic acids is 1. The van der Waals surface area contributed by atoms with E-state index >= 15 is 0 Å². The highest BCUT2D eigenvalue weighted by Gasteiger charge is 2.22. The normalized spacial score (nSPS) is 20.9. The number of nitrogens with zero attached hydrogens (tertiary/aromatic N) is 1. The first-order valence-corrected chi connectivity index (χ1v) is 6.37. The largest absolute Gasteiger partial charge is 0.394 e. The van der Waals surface area contributed by atoms with Gasteiger partial charge in [-0.2, -0.15) is 0 Å². The number of hydrogen-bond donors (Lipinski definition) is 2. The third-order valence-electron chi connectivity index (χ3n) is 2.82. The van der Waals surface area contributed by atoms with Crippen LogP contribution in [0, 0.1) is 0 Å². The van der Waals surface area contributed by atoms with Crippen LogP contribution in [0.4, 0.5) is 0 Å². The molecule has 17 heavy (non-hydrogen) atoms. The van der Waals surface area contributed by atoms with Gasteiger partial charge in [0.25, 0.3) is 0 Å². The highest BCUT2D eigenvalue weighted by molar-refractivity contribution is 5.76. The number of aliphatic hydroxyl groups is 1. The number of amides is 1. The lowest BCUT2D eigenvalue weighted by Gasteiger charge is -2.32. The molecule has 1 aliphatic heterocycles. The van der Waals surface area contributed by atoms with E-state index in [1.54, 1.807) is 4.90 Å². The predicted octanol–water partition coefficient (Wildman–Crippen LogP) is -0.0157. The van der Waals surface area contributed by atoms with E-state index < -0.39 is 0 Å². The first-order valence-electron chi connectivity index (χ1n) is 6.37. The summed E-state index contributed by atoms with van der Waals surface area (Å²) in [5.74, 6) is 0.164. The van der Waals surface area contributed by atoms with Gasteiger partial charge < -0.3 is 20.1 Å². The van der Waals surface area contributed by atoms with Crippen LogP contribution in [0.1, 0.15) is 26.7 Å². The molecule has 1 unspecified atom stereocenters. The standard InChI is InChI=1S/C12H24N2O3/c1-10(2)13-5-3-4-12(16)14-6-7-17-11(8-14)9-15/h10-11,13,15H,3-9H2,1-2H3. The second-order valence-electron chi connectivity index (χ2n) is 4.73. The van der Waals surface area contributed by atoms with Crippen LogP contribution in [0.2, 0.25) is 0 Å². The molecule has 0 aliphatic carbocycles. The number of hydrogen-bond acceptors (Lipinski definition) is 4. The van der Waals surface area contributed by atoms with Gasteiger partial charge in [0.1, 0.15) is 0 Å². The van der Waals surface area contributed by atoms with Crippen molar-refractivity contribution in [3.63, 3.8) is 0 Å². The first-order chi connectivity index (χ1) is 8.13. The summed E-state index contributed by atoms with van der Waals surface area (Å²) in [6.07, 6.45) is 1.22. The summed E-state index contributed by atoms with van der Waals surface area (Å²) in [4.78, 5) is 13.7. The molecule has 0 spiro atoms. The zero-order valence-corrected chi connectivity index (χ0v) is 10.8. The van der Waals surface area contributed by atoms with Crippen molar-refractivity contribution in [2.45, 2.75) is 38.8 Å². The maximum Gasteiger partial charge on any atom is 0.222 e. The summed E-state index contributed by atoms with van der Waals surface area (Å²) in [6, 6.07) is 0.465. The fourth-order valence-electron chi connectivity index (χ4n) is 1.84. The molecule has 0 radical (unpaired) electrons. The Bertz CT molecular complexity index is 234. The number of aliphatic hydroxyl groups excluding tert-OH is 1. The average Bonchev–Trinajstić information content (AvgIpc) is 2.34. The van der Waals surface area contributed by atoms with Gasteiger partial charge in [0.05, 0.1) is 19.3 Å². The number of ether oxygens (including phenoxy) is 1. The third kappa shape index (κ3) is 5.48. The monoisotopic (exact) mass is 244 g/mol. The van der Waals surface area contributed by atoms with Gasteiger partial charge >= 0.3 is 0 Å². The van der Waals surface area contributed by atoms with Crippen LogP contribution < -0.4 is 5.32 Å². The van der Waals surface area contributed by atoms with Gasteiger partial charge in [0.15, 0.2) is 0 Å². The molecule has 1 rings (SSSR count). The van der Waals surface area contributed by atoms with Gasteiger partial charge in [-0.1, -0.05) is 13.8 Å². The van der Waals surface area contributed by atoms with Crippen molar-refractivity contribution in [1.82, 2.24) is 10.2 Å². The van der Waals surface area contributed by atoms with Crippen molar-refractivity contribution < 1.29 is 14.6 Å². The van der Waals surface area contributed by atoms with E-state index in [1.165, 1.54) is 0 Å². The number of nitrogens with one attached hydrogen (secondary N) is 1. The SMILES string of the molecule is CC(C)NCCCC(=O)N1CCOC(CO)C1. The van der Waals surface area contributed by atoms with Crippen molar-refractivity contribution in [3.05, 3.63) is 0 Å². The van der Waals surface area contributed by atoms with Crippen LogP contribution in [-0.2, 0) is 9.53 Å². The molecule has 5 heteroatoms. The molecule has 1 saturated heterocycles. The minimum Gasteiger partial charge on any atom is -0.394 e. The number of rotatable bonds is 6. The van der Waals surface area contributed by atoms with Crippen molar-refractivity contribution in [2.75, 3.05) is 32.8 Å². The van der Waals surface area contributed by atoms with Crippen LogP contribution in [0.3, 0.4) is 0 Å². The second kappa shape index (κ2) is 7.63. The lowest BCUT2D eigenvalue weighted by Crippen LogP contribution is -2.47. The molecule has 100 valence electrons. The van der Waals surface area contributed by atoms with E-state index in [0.29, 0.717) is 32.2 Å². The van der Waals surface area contributed by atoms with Crippen LogP contribution in [-0.4, -0.2) is 60.9 Å². The Morgan fingerprint density at radius 3 is 3.00 bits per heavy atom. The molecule has 0 aromatic carbocycles. The second-order valence-corrected chi connectivity index (χ2v) is 4.73. The Hall–Kier alpha value is -0.650. The summed E-state index contributed by atoms with van der Waals surface area (Å²) in [6.45, 7) is 6.74. The molecule has 1 heterocycles. The quantitative estimate of drug-likeness (QED) is 0.645. The third-order valence-corrected chi connectivity index (χ3v) is 2.82. The fraction of sp³-hybridized carbons (Fsp3) is 0.917. The van der Waals surface area contributed by atoms with Crippen LogP contribution >= 0.6 is 0 Å². The minimum atomic E-state index is -0.207. The molecular formula is C12H24N2O3. The Morgan fingerprint density at radius 2 is 2.35 bits per heavy atom. The van der Waals surface area contributed by atoms with Gasteiger partial charge in [-0.3, -0.25) is 4.79 Å². The van der Waals surface area contributed by atoms with Gasteiger partial charge in [-0.05, 0) is 13.0 Å². The van der Waals surface area contributed by atoms with E-state index in [9.17, 15) is 4.79 Å². The van der Waals surface area contributed by atoms with Crippen molar-refractivity contribution in [2.24, 2.45) is 0 Å². The summed E-state index contributed by atoms with van der Waals surface area (Å²) >= 11 is 0. The van der Waals surface area contributed by atoms with E-state index in [1.807, 2.05) is 0 Å². The smallest absolute Gasteiger partial charge is 0.222 e. The summed E-state index contributed by atoms with van der Waals surface area (Å²) in [5, 5.41) is 12.3. The lowest BCUT2D eigenvalue weighted by molar-refractivity contribution is -0.140. The molecule has 1 aliphatic rings. The minimum absolute atomic E-state index is 0.0152. The molecule has 1 atom stereocenters. The molecule has 0 saturated carbocycles.